The number of aryl methyl sites for hydroxylation is 2. The zero-order valence-corrected chi connectivity index (χ0v) is 18.9. The van der Waals surface area contributed by atoms with Gasteiger partial charge in [0.05, 0.1) is 23.7 Å². The minimum absolute atomic E-state index is 0.329. The van der Waals surface area contributed by atoms with Crippen molar-refractivity contribution in [1.82, 2.24) is 14.5 Å². The van der Waals surface area contributed by atoms with E-state index in [2.05, 4.69) is 40.7 Å². The van der Waals surface area contributed by atoms with Crippen molar-refractivity contribution in [2.75, 3.05) is 19.7 Å². The standard InChI is InChI=1S/C25H32ClN3O/c1-19-18-21(12-13-22(19)26)30-17-9-16-29-24-11-6-5-10-23(24)27-25(29)20(2)28-14-7-3-4-8-15-28/h5-6,10-13,18,20H,3-4,7-9,14-17H2,1-2H3. The Morgan fingerprint density at radius 1 is 1.07 bits per heavy atom. The van der Waals surface area contributed by atoms with Crippen LogP contribution in [0.2, 0.25) is 5.02 Å². The van der Waals surface area contributed by atoms with Gasteiger partial charge in [-0.25, -0.2) is 4.98 Å². The maximum atomic E-state index is 6.12. The Balaban J connectivity index is 1.47. The highest BCUT2D eigenvalue weighted by atomic mass is 35.5. The van der Waals surface area contributed by atoms with E-state index in [9.17, 15) is 0 Å². The lowest BCUT2D eigenvalue weighted by Gasteiger charge is -2.27. The Labute approximate surface area is 184 Å². The molecule has 0 amide bonds. The second-order valence-electron chi connectivity index (χ2n) is 8.35. The molecular weight excluding hydrogens is 394 g/mol. The van der Waals surface area contributed by atoms with Gasteiger partial charge in [0.1, 0.15) is 11.6 Å². The number of likely N-dealkylation sites (tertiary alicyclic amines) is 1. The second-order valence-corrected chi connectivity index (χ2v) is 8.76. The summed E-state index contributed by atoms with van der Waals surface area (Å²) in [5.41, 5.74) is 3.35. The van der Waals surface area contributed by atoms with Gasteiger partial charge in [-0.2, -0.15) is 0 Å². The van der Waals surface area contributed by atoms with E-state index in [4.69, 9.17) is 21.3 Å². The van der Waals surface area contributed by atoms with E-state index in [0.29, 0.717) is 12.6 Å². The lowest BCUT2D eigenvalue weighted by molar-refractivity contribution is 0.206. The summed E-state index contributed by atoms with van der Waals surface area (Å²) >= 11 is 6.12. The number of fused-ring (bicyclic) bond motifs is 1. The Hall–Kier alpha value is -2.04. The molecule has 0 radical (unpaired) electrons. The zero-order chi connectivity index (χ0) is 20.9. The average molecular weight is 426 g/mol. The van der Waals surface area contributed by atoms with Crippen molar-refractivity contribution in [2.45, 2.75) is 58.5 Å². The fraction of sp³-hybridized carbons (Fsp3) is 0.480. The summed E-state index contributed by atoms with van der Waals surface area (Å²) in [7, 11) is 0. The molecule has 1 atom stereocenters. The van der Waals surface area contributed by atoms with Crippen molar-refractivity contribution in [2.24, 2.45) is 0 Å². The quantitative estimate of drug-likeness (QED) is 0.410. The second kappa shape index (κ2) is 9.84. The zero-order valence-electron chi connectivity index (χ0n) is 18.1. The molecule has 1 aromatic heterocycles. The van der Waals surface area contributed by atoms with Crippen LogP contribution in [0.1, 0.15) is 56.5 Å². The number of rotatable bonds is 7. The molecule has 0 saturated carbocycles. The van der Waals surface area contributed by atoms with E-state index in [1.807, 2.05) is 25.1 Å². The van der Waals surface area contributed by atoms with Crippen molar-refractivity contribution in [3.8, 4) is 5.75 Å². The van der Waals surface area contributed by atoms with Crippen LogP contribution in [0, 0.1) is 6.92 Å². The minimum Gasteiger partial charge on any atom is -0.494 e. The molecule has 1 aliphatic heterocycles. The molecule has 4 nitrogen and oxygen atoms in total. The summed E-state index contributed by atoms with van der Waals surface area (Å²) in [5, 5.41) is 0.777. The summed E-state index contributed by atoms with van der Waals surface area (Å²) in [5.74, 6) is 2.06. The maximum absolute atomic E-state index is 6.12. The number of aromatic nitrogens is 2. The largest absolute Gasteiger partial charge is 0.494 e. The predicted octanol–water partition coefficient (Wildman–Crippen LogP) is 6.40. The van der Waals surface area contributed by atoms with Crippen molar-refractivity contribution >= 4 is 22.6 Å². The van der Waals surface area contributed by atoms with E-state index >= 15 is 0 Å². The van der Waals surface area contributed by atoms with Crippen LogP contribution < -0.4 is 4.74 Å². The molecule has 0 bridgehead atoms. The minimum atomic E-state index is 0.329. The van der Waals surface area contributed by atoms with Gasteiger partial charge in [0, 0.05) is 11.6 Å². The number of hydrogen-bond acceptors (Lipinski definition) is 3. The SMILES string of the molecule is Cc1cc(OCCCn2c(C(C)N3CCCCCC3)nc3ccccc32)ccc1Cl. The van der Waals surface area contributed by atoms with Crippen molar-refractivity contribution in [3.05, 3.63) is 58.9 Å². The predicted molar refractivity (Wildman–Crippen MR) is 124 cm³/mol. The maximum Gasteiger partial charge on any atom is 0.127 e. The first-order chi connectivity index (χ1) is 14.6. The number of para-hydroxylation sites is 2. The average Bonchev–Trinajstić information content (AvgIpc) is 2.92. The molecule has 0 aliphatic carbocycles. The van der Waals surface area contributed by atoms with Crippen LogP contribution in [-0.4, -0.2) is 34.1 Å². The van der Waals surface area contributed by atoms with E-state index in [0.717, 1.165) is 34.8 Å². The van der Waals surface area contributed by atoms with Crippen LogP contribution >= 0.6 is 11.6 Å². The van der Waals surface area contributed by atoms with Gasteiger partial charge in [-0.1, -0.05) is 36.6 Å². The third-order valence-corrected chi connectivity index (χ3v) is 6.59. The number of halogens is 1. The molecule has 2 aromatic carbocycles. The molecule has 1 fully saturated rings. The van der Waals surface area contributed by atoms with E-state index in [1.54, 1.807) is 0 Å². The lowest BCUT2D eigenvalue weighted by atomic mass is 10.2. The topological polar surface area (TPSA) is 30.3 Å². The molecule has 1 aliphatic rings. The first-order valence-corrected chi connectivity index (χ1v) is 11.6. The van der Waals surface area contributed by atoms with Gasteiger partial charge in [-0.15, -0.1) is 0 Å². The Bertz CT molecular complexity index is 976. The highest BCUT2D eigenvalue weighted by Gasteiger charge is 2.23. The summed E-state index contributed by atoms with van der Waals surface area (Å²) in [6, 6.07) is 14.7. The van der Waals surface area contributed by atoms with Gasteiger partial charge in [0.15, 0.2) is 0 Å². The fourth-order valence-corrected chi connectivity index (χ4v) is 4.53. The van der Waals surface area contributed by atoms with Gasteiger partial charge >= 0.3 is 0 Å². The van der Waals surface area contributed by atoms with Gasteiger partial charge in [0.25, 0.3) is 0 Å². The van der Waals surface area contributed by atoms with Crippen LogP contribution in [-0.2, 0) is 6.54 Å². The van der Waals surface area contributed by atoms with E-state index in [1.165, 1.54) is 50.1 Å². The number of hydrogen-bond donors (Lipinski definition) is 0. The van der Waals surface area contributed by atoms with Crippen LogP contribution in [0.25, 0.3) is 11.0 Å². The molecule has 0 N–H and O–H groups in total. The smallest absolute Gasteiger partial charge is 0.127 e. The number of benzene rings is 2. The van der Waals surface area contributed by atoms with Crippen LogP contribution in [0.15, 0.2) is 42.5 Å². The molecule has 2 heterocycles. The first-order valence-electron chi connectivity index (χ1n) is 11.2. The highest BCUT2D eigenvalue weighted by molar-refractivity contribution is 6.31. The molecule has 1 unspecified atom stereocenters. The Morgan fingerprint density at radius 3 is 2.60 bits per heavy atom. The number of imidazole rings is 1. The van der Waals surface area contributed by atoms with Gasteiger partial charge < -0.3 is 9.30 Å². The van der Waals surface area contributed by atoms with E-state index in [-0.39, 0.29) is 0 Å². The molecule has 5 heteroatoms. The number of nitrogens with zero attached hydrogens (tertiary/aromatic N) is 3. The Morgan fingerprint density at radius 2 is 1.83 bits per heavy atom. The molecule has 30 heavy (non-hydrogen) atoms. The monoisotopic (exact) mass is 425 g/mol. The summed E-state index contributed by atoms with van der Waals surface area (Å²) in [6.45, 7) is 8.23. The van der Waals surface area contributed by atoms with E-state index < -0.39 is 0 Å². The lowest BCUT2D eigenvalue weighted by Crippen LogP contribution is -2.30. The van der Waals surface area contributed by atoms with Crippen LogP contribution in [0.3, 0.4) is 0 Å². The molecule has 3 aromatic rings. The Kier molecular flexibility index (Phi) is 6.96. The molecular formula is C25H32ClN3O. The van der Waals surface area contributed by atoms with Crippen LogP contribution in [0.5, 0.6) is 5.75 Å². The van der Waals surface area contributed by atoms with Gasteiger partial charge in [-0.3, -0.25) is 4.90 Å². The normalized spacial score (nSPS) is 16.5. The summed E-state index contributed by atoms with van der Waals surface area (Å²) in [4.78, 5) is 7.65. The van der Waals surface area contributed by atoms with Crippen molar-refractivity contribution < 1.29 is 4.74 Å². The third kappa shape index (κ3) is 4.81. The molecule has 0 spiro atoms. The highest BCUT2D eigenvalue weighted by Crippen LogP contribution is 2.27. The molecule has 4 rings (SSSR count). The summed E-state index contributed by atoms with van der Waals surface area (Å²) < 4.78 is 8.39. The molecule has 1 saturated heterocycles. The van der Waals surface area contributed by atoms with Gasteiger partial charge in [0.2, 0.25) is 0 Å². The molecule has 160 valence electrons. The first kappa shape index (κ1) is 21.2. The van der Waals surface area contributed by atoms with Crippen molar-refractivity contribution in [3.63, 3.8) is 0 Å². The van der Waals surface area contributed by atoms with Gasteiger partial charge in [-0.05, 0) is 82.1 Å². The summed E-state index contributed by atoms with van der Waals surface area (Å²) in [6.07, 6.45) is 6.21. The van der Waals surface area contributed by atoms with Crippen LogP contribution in [0.4, 0.5) is 0 Å². The van der Waals surface area contributed by atoms with Crippen molar-refractivity contribution in [1.29, 1.82) is 0 Å². The third-order valence-electron chi connectivity index (χ3n) is 6.17. The fourth-order valence-electron chi connectivity index (χ4n) is 4.41. The number of ether oxygens (including phenoxy) is 1.